The number of hydrogen-bond acceptors (Lipinski definition) is 2. The van der Waals surface area contributed by atoms with E-state index in [0.29, 0.717) is 0 Å². The highest BCUT2D eigenvalue weighted by Gasteiger charge is 2.51. The Kier molecular flexibility index (Phi) is 6.40. The Morgan fingerprint density at radius 2 is 0.862 bits per heavy atom. The smallest absolute Gasteiger partial charge is 0.144 e. The van der Waals surface area contributed by atoms with Gasteiger partial charge in [-0.05, 0) is 79.4 Å². The molecule has 0 fully saturated rings. The number of para-hydroxylation sites is 2. The van der Waals surface area contributed by atoms with Crippen LogP contribution in [-0.2, 0) is 5.41 Å². The molecule has 58 heavy (non-hydrogen) atoms. The molecule has 2 heteroatoms. The Bertz CT molecular complexity index is 3450. The van der Waals surface area contributed by atoms with Gasteiger partial charge in [0.15, 0.2) is 0 Å². The van der Waals surface area contributed by atoms with Gasteiger partial charge in [0.05, 0.1) is 16.6 Å². The molecule has 0 atom stereocenters. The summed E-state index contributed by atoms with van der Waals surface area (Å²) in [5, 5.41) is 5.48. The first-order valence-corrected chi connectivity index (χ1v) is 20.0. The van der Waals surface area contributed by atoms with Crippen LogP contribution < -0.4 is 0 Å². The van der Waals surface area contributed by atoms with E-state index >= 15 is 0 Å². The summed E-state index contributed by atoms with van der Waals surface area (Å²) in [5.41, 5.74) is 19.6. The Morgan fingerprint density at radius 3 is 1.59 bits per heavy atom. The summed E-state index contributed by atoms with van der Waals surface area (Å²) in [6.07, 6.45) is 0. The summed E-state index contributed by atoms with van der Waals surface area (Å²) < 4.78 is 7.18. The van der Waals surface area contributed by atoms with Crippen molar-refractivity contribution in [2.75, 3.05) is 0 Å². The van der Waals surface area contributed by atoms with E-state index in [9.17, 15) is 0 Å². The van der Waals surface area contributed by atoms with E-state index in [1.165, 1.54) is 55.6 Å². The maximum absolute atomic E-state index is 7.18. The first-order chi connectivity index (χ1) is 28.8. The highest BCUT2D eigenvalue weighted by molar-refractivity contribution is 6.25. The van der Waals surface area contributed by atoms with Gasteiger partial charge in [-0.15, -0.1) is 0 Å². The number of nitrogens with zero attached hydrogens (tertiary/aromatic N) is 1. The predicted molar refractivity (Wildman–Crippen MR) is 239 cm³/mol. The van der Waals surface area contributed by atoms with Crippen molar-refractivity contribution in [3.63, 3.8) is 0 Å². The second-order valence-corrected chi connectivity index (χ2v) is 15.7. The van der Waals surface area contributed by atoms with Gasteiger partial charge in [-0.1, -0.05) is 182 Å². The van der Waals surface area contributed by atoms with Crippen molar-refractivity contribution in [2.45, 2.75) is 5.41 Å². The number of aromatic nitrogens is 1. The standard InChI is InChI=1S/C56H33NO/c1-2-15-34(16-3-1)53-46-32-31-44-43-24-14-23-42(54(43)58-55(44)52(46)45-22-9-13-28-51(45)57-53)37-18-5-4-17-36(37)35-29-30-41-40-21-8-12-27-49(40)56(50(41)33-35)47-25-10-6-19-38(47)39-20-7-11-26-48(39)56/h1-33H. The summed E-state index contributed by atoms with van der Waals surface area (Å²) >= 11 is 0. The quantitative estimate of drug-likeness (QED) is 0.169. The van der Waals surface area contributed by atoms with Crippen LogP contribution in [0.2, 0.25) is 0 Å². The van der Waals surface area contributed by atoms with Crippen molar-refractivity contribution in [2.24, 2.45) is 0 Å². The molecule has 268 valence electrons. The summed E-state index contributed by atoms with van der Waals surface area (Å²) in [6.45, 7) is 0. The fourth-order valence-electron chi connectivity index (χ4n) is 10.6. The minimum Gasteiger partial charge on any atom is -0.455 e. The first-order valence-electron chi connectivity index (χ1n) is 20.0. The van der Waals surface area contributed by atoms with Crippen LogP contribution in [0, 0.1) is 0 Å². The molecule has 9 aromatic carbocycles. The van der Waals surface area contributed by atoms with Crippen LogP contribution >= 0.6 is 0 Å². The van der Waals surface area contributed by atoms with E-state index < -0.39 is 5.41 Å². The fraction of sp³-hybridized carbons (Fsp3) is 0.0179. The topological polar surface area (TPSA) is 26.0 Å². The van der Waals surface area contributed by atoms with Crippen molar-refractivity contribution in [3.05, 3.63) is 222 Å². The molecule has 0 radical (unpaired) electrons. The van der Waals surface area contributed by atoms with Gasteiger partial charge in [-0.25, -0.2) is 4.98 Å². The van der Waals surface area contributed by atoms with E-state index in [1.54, 1.807) is 0 Å². The summed E-state index contributed by atoms with van der Waals surface area (Å²) in [5.74, 6) is 0. The van der Waals surface area contributed by atoms with E-state index in [-0.39, 0.29) is 0 Å². The third-order valence-corrected chi connectivity index (χ3v) is 12.9. The summed E-state index contributed by atoms with van der Waals surface area (Å²) in [4.78, 5) is 5.19. The van der Waals surface area contributed by atoms with Crippen molar-refractivity contribution in [1.29, 1.82) is 0 Å². The minimum absolute atomic E-state index is 0.403. The van der Waals surface area contributed by atoms with E-state index in [1.807, 2.05) is 0 Å². The zero-order chi connectivity index (χ0) is 38.0. The molecule has 0 bridgehead atoms. The van der Waals surface area contributed by atoms with Crippen LogP contribution in [0.3, 0.4) is 0 Å². The number of furan rings is 1. The second kappa shape index (κ2) is 11.7. The van der Waals surface area contributed by atoms with Gasteiger partial charge in [0.25, 0.3) is 0 Å². The molecular formula is C56H33NO. The number of hydrogen-bond donors (Lipinski definition) is 0. The van der Waals surface area contributed by atoms with Crippen LogP contribution in [0.15, 0.2) is 205 Å². The third kappa shape index (κ3) is 4.08. The lowest BCUT2D eigenvalue weighted by molar-refractivity contribution is 0.674. The Hall–Kier alpha value is -7.55. The third-order valence-electron chi connectivity index (χ3n) is 12.9. The van der Waals surface area contributed by atoms with Gasteiger partial charge in [-0.3, -0.25) is 0 Å². The van der Waals surface area contributed by atoms with Crippen LogP contribution in [0.5, 0.6) is 0 Å². The van der Waals surface area contributed by atoms with Gasteiger partial charge in [0.1, 0.15) is 11.2 Å². The predicted octanol–water partition coefficient (Wildman–Crippen LogP) is 14.6. The molecule has 2 nitrogen and oxygen atoms in total. The molecule has 0 N–H and O–H groups in total. The number of fused-ring (bicyclic) bond motifs is 17. The molecule has 2 aliphatic rings. The average molecular weight is 736 g/mol. The molecule has 1 spiro atoms. The van der Waals surface area contributed by atoms with Crippen LogP contribution in [0.1, 0.15) is 22.3 Å². The van der Waals surface area contributed by atoms with Gasteiger partial charge < -0.3 is 4.42 Å². The number of benzene rings is 9. The van der Waals surface area contributed by atoms with Gasteiger partial charge in [0.2, 0.25) is 0 Å². The number of rotatable bonds is 3. The van der Waals surface area contributed by atoms with E-state index in [4.69, 9.17) is 9.40 Å². The molecular weight excluding hydrogens is 703 g/mol. The van der Waals surface area contributed by atoms with Crippen molar-refractivity contribution >= 4 is 43.6 Å². The molecule has 0 aliphatic heterocycles. The SMILES string of the molecule is c1ccc(-c2nc3ccccc3c3c2ccc2c4cccc(-c5ccccc5-c5ccc6c(c5)C5(c7ccccc7-c7ccccc75)c5ccccc5-6)c4oc23)cc1. The largest absolute Gasteiger partial charge is 0.455 e. The molecule has 11 aromatic rings. The zero-order valence-corrected chi connectivity index (χ0v) is 31.4. The lowest BCUT2D eigenvalue weighted by Crippen LogP contribution is -2.25. The fourth-order valence-corrected chi connectivity index (χ4v) is 10.6. The van der Waals surface area contributed by atoms with Crippen molar-refractivity contribution < 1.29 is 4.42 Å². The molecule has 0 saturated heterocycles. The average Bonchev–Trinajstić information content (AvgIpc) is 3.93. The zero-order valence-electron chi connectivity index (χ0n) is 31.4. The highest BCUT2D eigenvalue weighted by Crippen LogP contribution is 2.63. The highest BCUT2D eigenvalue weighted by atomic mass is 16.3. The van der Waals surface area contributed by atoms with E-state index in [0.717, 1.165) is 66.0 Å². The lowest BCUT2D eigenvalue weighted by atomic mass is 9.70. The Balaban J connectivity index is 1.05. The van der Waals surface area contributed by atoms with Crippen molar-refractivity contribution in [3.8, 4) is 55.8 Å². The maximum Gasteiger partial charge on any atom is 0.144 e. The van der Waals surface area contributed by atoms with Crippen LogP contribution in [0.4, 0.5) is 0 Å². The molecule has 0 amide bonds. The van der Waals surface area contributed by atoms with E-state index in [2.05, 4.69) is 200 Å². The van der Waals surface area contributed by atoms with Gasteiger partial charge in [-0.2, -0.15) is 0 Å². The molecule has 0 saturated carbocycles. The molecule has 2 aliphatic carbocycles. The maximum atomic E-state index is 7.18. The van der Waals surface area contributed by atoms with Crippen LogP contribution in [-0.4, -0.2) is 4.98 Å². The van der Waals surface area contributed by atoms with Crippen molar-refractivity contribution in [1.82, 2.24) is 4.98 Å². The first kappa shape index (κ1) is 31.6. The Morgan fingerprint density at radius 1 is 0.328 bits per heavy atom. The molecule has 13 rings (SSSR count). The number of pyridine rings is 1. The normalized spacial score (nSPS) is 13.3. The van der Waals surface area contributed by atoms with Gasteiger partial charge in [0, 0.05) is 38.1 Å². The Labute approximate surface area is 335 Å². The monoisotopic (exact) mass is 735 g/mol. The molecule has 2 aromatic heterocycles. The minimum atomic E-state index is -0.403. The lowest BCUT2D eigenvalue weighted by Gasteiger charge is -2.30. The summed E-state index contributed by atoms with van der Waals surface area (Å²) in [7, 11) is 0. The molecule has 2 heterocycles. The molecule has 0 unspecified atom stereocenters. The van der Waals surface area contributed by atoms with Gasteiger partial charge >= 0.3 is 0 Å². The second-order valence-electron chi connectivity index (χ2n) is 15.7. The summed E-state index contributed by atoms with van der Waals surface area (Å²) in [6, 6.07) is 73.0. The van der Waals surface area contributed by atoms with Crippen LogP contribution in [0.25, 0.3) is 99.4 Å².